The van der Waals surface area contributed by atoms with Crippen LogP contribution in [-0.4, -0.2) is 29.6 Å². The van der Waals surface area contributed by atoms with E-state index in [1.807, 2.05) is 23.6 Å². The fourth-order valence-electron chi connectivity index (χ4n) is 2.91. The summed E-state index contributed by atoms with van der Waals surface area (Å²) in [5.74, 6) is 1.52. The summed E-state index contributed by atoms with van der Waals surface area (Å²) in [5.41, 5.74) is 4.11. The standard InChI is InChI=1S/C21H20N2O3S/c1-14-3-6-16(7-4-14)21-22-17(12-27-21)10-20(24)23(2)11-15-5-8-18-19(9-15)26-13-25-18/h3-9,12H,10-11,13H2,1-2H3. The third kappa shape index (κ3) is 3.95. The Balaban J connectivity index is 1.39. The predicted molar refractivity (Wildman–Crippen MR) is 105 cm³/mol. The van der Waals surface area contributed by atoms with E-state index in [0.29, 0.717) is 13.0 Å². The Morgan fingerprint density at radius 2 is 1.93 bits per heavy atom. The Bertz CT molecular complexity index is 966. The van der Waals surface area contributed by atoms with Crippen LogP contribution in [0.2, 0.25) is 0 Å². The third-order valence-electron chi connectivity index (χ3n) is 4.47. The van der Waals surface area contributed by atoms with Crippen LogP contribution in [0.1, 0.15) is 16.8 Å². The van der Waals surface area contributed by atoms with E-state index in [0.717, 1.165) is 33.3 Å². The summed E-state index contributed by atoms with van der Waals surface area (Å²) in [4.78, 5) is 18.9. The molecule has 0 saturated carbocycles. The topological polar surface area (TPSA) is 51.7 Å². The minimum Gasteiger partial charge on any atom is -0.454 e. The van der Waals surface area contributed by atoms with Gasteiger partial charge in [0.25, 0.3) is 0 Å². The molecule has 1 amide bonds. The molecule has 27 heavy (non-hydrogen) atoms. The Kier molecular flexibility index (Phi) is 4.81. The molecule has 6 heteroatoms. The largest absolute Gasteiger partial charge is 0.454 e. The first-order valence-electron chi connectivity index (χ1n) is 8.72. The number of likely N-dealkylation sites (N-methyl/N-ethyl adjacent to an activating group) is 1. The lowest BCUT2D eigenvalue weighted by Crippen LogP contribution is -2.27. The molecule has 0 saturated heterocycles. The zero-order valence-corrected chi connectivity index (χ0v) is 16.1. The summed E-state index contributed by atoms with van der Waals surface area (Å²) in [6.45, 7) is 2.83. The van der Waals surface area contributed by atoms with E-state index in [9.17, 15) is 4.79 Å². The Morgan fingerprint density at radius 1 is 1.15 bits per heavy atom. The minimum absolute atomic E-state index is 0.0356. The molecular formula is C21H20N2O3S. The van der Waals surface area contributed by atoms with Crippen LogP contribution in [0.25, 0.3) is 10.6 Å². The van der Waals surface area contributed by atoms with E-state index in [2.05, 4.69) is 36.2 Å². The highest BCUT2D eigenvalue weighted by Crippen LogP contribution is 2.32. The quantitative estimate of drug-likeness (QED) is 0.670. The molecule has 0 atom stereocenters. The van der Waals surface area contributed by atoms with Gasteiger partial charge in [0.05, 0.1) is 12.1 Å². The second-order valence-corrected chi connectivity index (χ2v) is 7.48. The van der Waals surface area contributed by atoms with Crippen LogP contribution in [-0.2, 0) is 17.8 Å². The maximum absolute atomic E-state index is 12.6. The Labute approximate surface area is 162 Å². The molecule has 1 aliphatic rings. The van der Waals surface area contributed by atoms with Crippen LogP contribution in [0.15, 0.2) is 47.8 Å². The number of carbonyl (C=O) groups is 1. The first-order chi connectivity index (χ1) is 13.1. The molecule has 2 heterocycles. The summed E-state index contributed by atoms with van der Waals surface area (Å²) < 4.78 is 10.7. The van der Waals surface area contributed by atoms with Gasteiger partial charge in [-0.3, -0.25) is 4.79 Å². The summed E-state index contributed by atoms with van der Waals surface area (Å²) >= 11 is 1.57. The second-order valence-electron chi connectivity index (χ2n) is 6.62. The number of aromatic nitrogens is 1. The fourth-order valence-corrected chi connectivity index (χ4v) is 3.73. The van der Waals surface area contributed by atoms with E-state index < -0.39 is 0 Å². The highest BCUT2D eigenvalue weighted by Gasteiger charge is 2.16. The molecule has 138 valence electrons. The highest BCUT2D eigenvalue weighted by molar-refractivity contribution is 7.13. The molecule has 0 spiro atoms. The molecule has 0 N–H and O–H groups in total. The molecule has 0 radical (unpaired) electrons. The molecule has 0 aliphatic carbocycles. The summed E-state index contributed by atoms with van der Waals surface area (Å²) in [6.07, 6.45) is 0.295. The van der Waals surface area contributed by atoms with Gasteiger partial charge >= 0.3 is 0 Å². The molecule has 3 aromatic rings. The van der Waals surface area contributed by atoms with Gasteiger partial charge < -0.3 is 14.4 Å². The van der Waals surface area contributed by atoms with Gasteiger partial charge in [0.2, 0.25) is 12.7 Å². The van der Waals surface area contributed by atoms with E-state index in [1.165, 1.54) is 5.56 Å². The number of benzene rings is 2. The van der Waals surface area contributed by atoms with Crippen molar-refractivity contribution in [3.8, 4) is 22.1 Å². The number of hydrogen-bond acceptors (Lipinski definition) is 5. The van der Waals surface area contributed by atoms with Crippen molar-refractivity contribution in [2.45, 2.75) is 19.9 Å². The number of thiazole rings is 1. The van der Waals surface area contributed by atoms with Crippen LogP contribution < -0.4 is 9.47 Å². The summed E-state index contributed by atoms with van der Waals surface area (Å²) in [7, 11) is 1.81. The number of ether oxygens (including phenoxy) is 2. The summed E-state index contributed by atoms with van der Waals surface area (Å²) in [5, 5.41) is 2.90. The van der Waals surface area contributed by atoms with Gasteiger partial charge in [-0.1, -0.05) is 35.9 Å². The monoisotopic (exact) mass is 380 g/mol. The van der Waals surface area contributed by atoms with Gasteiger partial charge in [-0.05, 0) is 24.6 Å². The SMILES string of the molecule is Cc1ccc(-c2nc(CC(=O)N(C)Cc3ccc4c(c3)OCO4)cs2)cc1. The molecule has 1 aromatic heterocycles. The van der Waals surface area contributed by atoms with Gasteiger partial charge in [-0.2, -0.15) is 0 Å². The van der Waals surface area contributed by atoms with Crippen molar-refractivity contribution in [2.75, 3.05) is 13.8 Å². The molecule has 5 nitrogen and oxygen atoms in total. The van der Waals surface area contributed by atoms with Gasteiger partial charge in [0.1, 0.15) is 5.01 Å². The zero-order chi connectivity index (χ0) is 18.8. The first kappa shape index (κ1) is 17.5. The second kappa shape index (κ2) is 7.40. The third-order valence-corrected chi connectivity index (χ3v) is 5.41. The number of amides is 1. The lowest BCUT2D eigenvalue weighted by Gasteiger charge is -2.17. The van der Waals surface area contributed by atoms with Crippen LogP contribution >= 0.6 is 11.3 Å². The van der Waals surface area contributed by atoms with Gasteiger partial charge in [0, 0.05) is 24.5 Å². The van der Waals surface area contributed by atoms with Crippen LogP contribution in [0.3, 0.4) is 0 Å². The Hall–Kier alpha value is -2.86. The van der Waals surface area contributed by atoms with E-state index >= 15 is 0 Å². The minimum atomic E-state index is 0.0356. The fraction of sp³-hybridized carbons (Fsp3) is 0.238. The molecule has 0 bridgehead atoms. The normalized spacial score (nSPS) is 12.2. The summed E-state index contributed by atoms with van der Waals surface area (Å²) in [6, 6.07) is 14.0. The molecule has 0 unspecified atom stereocenters. The van der Waals surface area contributed by atoms with Crippen molar-refractivity contribution in [3.05, 3.63) is 64.7 Å². The molecule has 4 rings (SSSR count). The number of nitrogens with zero attached hydrogens (tertiary/aromatic N) is 2. The van der Waals surface area contributed by atoms with E-state index in [1.54, 1.807) is 23.3 Å². The van der Waals surface area contributed by atoms with Crippen LogP contribution in [0, 0.1) is 6.92 Å². The van der Waals surface area contributed by atoms with Crippen molar-refractivity contribution < 1.29 is 14.3 Å². The van der Waals surface area contributed by atoms with Crippen molar-refractivity contribution in [2.24, 2.45) is 0 Å². The smallest absolute Gasteiger partial charge is 0.231 e. The van der Waals surface area contributed by atoms with Crippen molar-refractivity contribution in [3.63, 3.8) is 0 Å². The van der Waals surface area contributed by atoms with Gasteiger partial charge in [0.15, 0.2) is 11.5 Å². The Morgan fingerprint density at radius 3 is 2.74 bits per heavy atom. The average Bonchev–Trinajstić information content (AvgIpc) is 3.31. The highest BCUT2D eigenvalue weighted by atomic mass is 32.1. The molecule has 0 fully saturated rings. The maximum Gasteiger partial charge on any atom is 0.231 e. The van der Waals surface area contributed by atoms with Crippen molar-refractivity contribution in [1.29, 1.82) is 0 Å². The molecule has 2 aromatic carbocycles. The lowest BCUT2D eigenvalue weighted by atomic mass is 10.1. The van der Waals surface area contributed by atoms with E-state index in [-0.39, 0.29) is 12.7 Å². The maximum atomic E-state index is 12.6. The number of fused-ring (bicyclic) bond motifs is 1. The lowest BCUT2D eigenvalue weighted by molar-refractivity contribution is -0.129. The van der Waals surface area contributed by atoms with E-state index in [4.69, 9.17) is 9.47 Å². The predicted octanol–water partition coefficient (Wildman–Crippen LogP) is 4.05. The molecular weight excluding hydrogens is 360 g/mol. The number of hydrogen-bond donors (Lipinski definition) is 0. The average molecular weight is 380 g/mol. The zero-order valence-electron chi connectivity index (χ0n) is 15.3. The first-order valence-corrected chi connectivity index (χ1v) is 9.60. The number of aryl methyl sites for hydroxylation is 1. The van der Waals surface area contributed by atoms with Crippen molar-refractivity contribution >= 4 is 17.2 Å². The van der Waals surface area contributed by atoms with Crippen molar-refractivity contribution in [1.82, 2.24) is 9.88 Å². The van der Waals surface area contributed by atoms with Crippen LogP contribution in [0.4, 0.5) is 0 Å². The number of carbonyl (C=O) groups excluding carboxylic acids is 1. The van der Waals surface area contributed by atoms with Gasteiger partial charge in [-0.15, -0.1) is 11.3 Å². The van der Waals surface area contributed by atoms with Crippen LogP contribution in [0.5, 0.6) is 11.5 Å². The van der Waals surface area contributed by atoms with Gasteiger partial charge in [-0.25, -0.2) is 4.98 Å². The molecule has 1 aliphatic heterocycles. The number of rotatable bonds is 5.